The average molecular weight is 259 g/mol. The first kappa shape index (κ1) is 11.4. The monoisotopic (exact) mass is 258 g/mol. The van der Waals surface area contributed by atoms with Crippen molar-refractivity contribution in [3.05, 3.63) is 34.1 Å². The topological polar surface area (TPSA) is 17.1 Å². The summed E-state index contributed by atoms with van der Waals surface area (Å²) in [6.07, 6.45) is 2.09. The quantitative estimate of drug-likeness (QED) is 0.808. The Hall–Kier alpha value is -0.700. The number of aryl methyl sites for hydroxylation is 1. The van der Waals surface area contributed by atoms with Crippen molar-refractivity contribution >= 4 is 21.7 Å². The smallest absolute Gasteiger partial charge is 0.129 e. The molecule has 0 saturated heterocycles. The molecule has 14 heavy (non-hydrogen) atoms. The molecule has 0 bridgehead atoms. The van der Waals surface area contributed by atoms with Crippen molar-refractivity contribution < 1.29 is 9.18 Å². The highest BCUT2D eigenvalue weighted by atomic mass is 79.9. The van der Waals surface area contributed by atoms with Crippen molar-refractivity contribution in [2.45, 2.75) is 26.2 Å². The lowest BCUT2D eigenvalue weighted by atomic mass is 10.1. The molecule has 76 valence electrons. The SMILES string of the molecule is CC(=O)CCCc1cc(F)cc(Br)c1. The van der Waals surface area contributed by atoms with Crippen molar-refractivity contribution in [2.24, 2.45) is 0 Å². The Morgan fingerprint density at radius 1 is 1.43 bits per heavy atom. The summed E-state index contributed by atoms with van der Waals surface area (Å²) in [5.41, 5.74) is 0.929. The van der Waals surface area contributed by atoms with E-state index in [2.05, 4.69) is 15.9 Å². The molecule has 0 heterocycles. The second-order valence-corrected chi connectivity index (χ2v) is 4.25. The number of carbonyl (C=O) groups excluding carboxylic acids is 1. The van der Waals surface area contributed by atoms with E-state index in [-0.39, 0.29) is 11.6 Å². The van der Waals surface area contributed by atoms with E-state index in [0.717, 1.165) is 22.9 Å². The molecule has 0 unspecified atom stereocenters. The van der Waals surface area contributed by atoms with Gasteiger partial charge in [-0.3, -0.25) is 0 Å². The first-order valence-electron chi connectivity index (χ1n) is 4.52. The molecule has 0 radical (unpaired) electrons. The van der Waals surface area contributed by atoms with Gasteiger partial charge in [-0.15, -0.1) is 0 Å². The van der Waals surface area contributed by atoms with Gasteiger partial charge in [-0.25, -0.2) is 4.39 Å². The Balaban J connectivity index is 2.54. The van der Waals surface area contributed by atoms with Crippen LogP contribution in [0.1, 0.15) is 25.3 Å². The number of ketones is 1. The Kier molecular flexibility index (Phi) is 4.26. The standard InChI is InChI=1S/C11H12BrFO/c1-8(14)3-2-4-9-5-10(12)7-11(13)6-9/h5-7H,2-4H2,1H3. The fourth-order valence-electron chi connectivity index (χ4n) is 1.30. The molecule has 1 rings (SSSR count). The highest BCUT2D eigenvalue weighted by Gasteiger charge is 2.00. The number of halogens is 2. The number of rotatable bonds is 4. The van der Waals surface area contributed by atoms with E-state index >= 15 is 0 Å². The molecule has 0 aliphatic heterocycles. The van der Waals surface area contributed by atoms with Gasteiger partial charge in [0.1, 0.15) is 11.6 Å². The molecule has 1 aromatic rings. The molecule has 0 amide bonds. The van der Waals surface area contributed by atoms with Crippen molar-refractivity contribution in [1.82, 2.24) is 0 Å². The van der Waals surface area contributed by atoms with E-state index in [9.17, 15) is 9.18 Å². The highest BCUT2D eigenvalue weighted by molar-refractivity contribution is 9.10. The fourth-order valence-corrected chi connectivity index (χ4v) is 1.81. The normalized spacial score (nSPS) is 10.2. The fraction of sp³-hybridized carbons (Fsp3) is 0.364. The van der Waals surface area contributed by atoms with Crippen molar-refractivity contribution in [3.8, 4) is 0 Å². The van der Waals surface area contributed by atoms with Gasteiger partial charge in [0.25, 0.3) is 0 Å². The maximum Gasteiger partial charge on any atom is 0.129 e. The average Bonchev–Trinajstić information content (AvgIpc) is 2.01. The number of benzene rings is 1. The van der Waals surface area contributed by atoms with Crippen LogP contribution in [0, 0.1) is 5.82 Å². The van der Waals surface area contributed by atoms with Crippen LogP contribution in [0.15, 0.2) is 22.7 Å². The van der Waals surface area contributed by atoms with Crippen LogP contribution in [0.5, 0.6) is 0 Å². The minimum Gasteiger partial charge on any atom is -0.300 e. The van der Waals surface area contributed by atoms with Gasteiger partial charge in [-0.1, -0.05) is 15.9 Å². The molecule has 0 spiro atoms. The first-order chi connectivity index (χ1) is 6.58. The van der Waals surface area contributed by atoms with Gasteiger partial charge in [-0.05, 0) is 43.5 Å². The third-order valence-corrected chi connectivity index (χ3v) is 2.37. The predicted molar refractivity (Wildman–Crippen MR) is 57.7 cm³/mol. The zero-order chi connectivity index (χ0) is 10.6. The van der Waals surface area contributed by atoms with Gasteiger partial charge in [0.15, 0.2) is 0 Å². The second-order valence-electron chi connectivity index (χ2n) is 3.33. The van der Waals surface area contributed by atoms with E-state index in [1.807, 2.05) is 6.07 Å². The Morgan fingerprint density at radius 2 is 2.14 bits per heavy atom. The van der Waals surface area contributed by atoms with E-state index < -0.39 is 0 Å². The zero-order valence-corrected chi connectivity index (χ0v) is 9.60. The summed E-state index contributed by atoms with van der Waals surface area (Å²) in [6.45, 7) is 1.57. The lowest BCUT2D eigenvalue weighted by Gasteiger charge is -2.01. The zero-order valence-electron chi connectivity index (χ0n) is 8.02. The van der Waals surface area contributed by atoms with Crippen LogP contribution in [-0.2, 0) is 11.2 Å². The largest absolute Gasteiger partial charge is 0.300 e. The van der Waals surface area contributed by atoms with Crippen molar-refractivity contribution in [3.63, 3.8) is 0 Å². The molecule has 1 aromatic carbocycles. The van der Waals surface area contributed by atoms with Crippen LogP contribution in [0.3, 0.4) is 0 Å². The molecule has 0 aliphatic rings. The van der Waals surface area contributed by atoms with Crippen LogP contribution in [-0.4, -0.2) is 5.78 Å². The molecular weight excluding hydrogens is 247 g/mol. The number of hydrogen-bond acceptors (Lipinski definition) is 1. The molecule has 0 atom stereocenters. The molecule has 0 saturated carbocycles. The molecule has 0 aliphatic carbocycles. The molecule has 3 heteroatoms. The van der Waals surface area contributed by atoms with Gasteiger partial charge in [0, 0.05) is 10.9 Å². The van der Waals surface area contributed by atoms with E-state index in [4.69, 9.17) is 0 Å². The minimum atomic E-state index is -0.239. The molecular formula is C11H12BrFO. The van der Waals surface area contributed by atoms with E-state index in [1.165, 1.54) is 12.1 Å². The summed E-state index contributed by atoms with van der Waals surface area (Å²) in [4.78, 5) is 10.7. The van der Waals surface area contributed by atoms with Crippen molar-refractivity contribution in [2.75, 3.05) is 0 Å². The van der Waals surface area contributed by atoms with Crippen LogP contribution >= 0.6 is 15.9 Å². The maximum atomic E-state index is 12.9. The van der Waals surface area contributed by atoms with Gasteiger partial charge < -0.3 is 4.79 Å². The van der Waals surface area contributed by atoms with Gasteiger partial charge >= 0.3 is 0 Å². The summed E-state index contributed by atoms with van der Waals surface area (Å²) < 4.78 is 13.7. The van der Waals surface area contributed by atoms with Crippen molar-refractivity contribution in [1.29, 1.82) is 0 Å². The highest BCUT2D eigenvalue weighted by Crippen LogP contribution is 2.16. The van der Waals surface area contributed by atoms with Crippen LogP contribution in [0.2, 0.25) is 0 Å². The predicted octanol–water partition coefficient (Wildman–Crippen LogP) is 3.50. The third-order valence-electron chi connectivity index (χ3n) is 1.92. The van der Waals surface area contributed by atoms with Crippen LogP contribution in [0.4, 0.5) is 4.39 Å². The Labute approximate surface area is 91.5 Å². The molecule has 0 N–H and O–H groups in total. The third kappa shape index (κ3) is 4.01. The van der Waals surface area contributed by atoms with Gasteiger partial charge in [-0.2, -0.15) is 0 Å². The first-order valence-corrected chi connectivity index (χ1v) is 5.31. The van der Waals surface area contributed by atoms with Crippen LogP contribution < -0.4 is 0 Å². The summed E-state index contributed by atoms with van der Waals surface area (Å²) in [5, 5.41) is 0. The van der Waals surface area contributed by atoms with Gasteiger partial charge in [0.2, 0.25) is 0 Å². The Morgan fingerprint density at radius 3 is 2.71 bits per heavy atom. The van der Waals surface area contributed by atoms with E-state index in [0.29, 0.717) is 6.42 Å². The second kappa shape index (κ2) is 5.25. The molecule has 0 fully saturated rings. The Bertz CT molecular complexity index is 316. The summed E-state index contributed by atoms with van der Waals surface area (Å²) >= 11 is 3.23. The van der Waals surface area contributed by atoms with E-state index in [1.54, 1.807) is 6.92 Å². The molecule has 1 nitrogen and oxygen atoms in total. The summed E-state index contributed by atoms with van der Waals surface area (Å²) in [6, 6.07) is 4.81. The van der Waals surface area contributed by atoms with Gasteiger partial charge in [0.05, 0.1) is 0 Å². The maximum absolute atomic E-state index is 12.9. The molecule has 0 aromatic heterocycles. The summed E-state index contributed by atoms with van der Waals surface area (Å²) in [5.74, 6) is -0.0577. The lowest BCUT2D eigenvalue weighted by molar-refractivity contribution is -0.117. The minimum absolute atomic E-state index is 0.181. The lowest BCUT2D eigenvalue weighted by Crippen LogP contribution is -1.93. The number of hydrogen-bond donors (Lipinski definition) is 0. The number of carbonyl (C=O) groups is 1. The number of Topliss-reactive ketones (excluding diaryl/α,β-unsaturated/α-hetero) is 1. The van der Waals surface area contributed by atoms with Crippen LogP contribution in [0.25, 0.3) is 0 Å². The summed E-state index contributed by atoms with van der Waals surface area (Å²) in [7, 11) is 0.